The van der Waals surface area contributed by atoms with Crippen molar-refractivity contribution in [3.05, 3.63) is 137 Å². The van der Waals surface area contributed by atoms with Gasteiger partial charge in [0.25, 0.3) is 11.8 Å². The predicted octanol–water partition coefficient (Wildman–Crippen LogP) is 8.43. The fourth-order valence-electron chi connectivity index (χ4n) is 7.27. The largest absolute Gasteiger partial charge is 0.309 e. The monoisotopic (exact) mass is 800 g/mol. The average molecular weight is 801 g/mol. The number of Topliss-reactive ketones (excluding diaryl/α,β-unsaturated/α-hetero) is 4. The van der Waals surface area contributed by atoms with Crippen molar-refractivity contribution >= 4 is 97.3 Å². The minimum atomic E-state index is -1.95. The molecule has 0 saturated heterocycles. The molecule has 0 saturated carbocycles. The van der Waals surface area contributed by atoms with Crippen LogP contribution >= 0.6 is 22.7 Å². The number of carbonyl (C=O) groups excluding carboxylic acids is 6. The van der Waals surface area contributed by atoms with Gasteiger partial charge in [-0.3, -0.25) is 28.8 Å². The van der Waals surface area contributed by atoms with Crippen molar-refractivity contribution in [3.8, 4) is 0 Å². The lowest BCUT2D eigenvalue weighted by atomic mass is 10.1. The third-order valence-corrected chi connectivity index (χ3v) is 14.1. The van der Waals surface area contributed by atoms with Crippen LogP contribution in [0.15, 0.2) is 107 Å². The highest BCUT2D eigenvalue weighted by Crippen LogP contribution is 2.49. The average Bonchev–Trinajstić information content (AvgIpc) is 3.95. The Morgan fingerprint density at radius 3 is 1.42 bits per heavy atom. The molecule has 0 N–H and O–H groups in total. The first-order valence-electron chi connectivity index (χ1n) is 18.0. The van der Waals surface area contributed by atoms with E-state index in [-0.39, 0.29) is 51.7 Å². The first-order chi connectivity index (χ1) is 25.9. The van der Waals surface area contributed by atoms with E-state index in [2.05, 4.69) is 45.9 Å². The number of allylic oxidation sites excluding steroid dienone is 7. The van der Waals surface area contributed by atoms with Crippen molar-refractivity contribution in [3.63, 3.8) is 0 Å². The molecule has 2 amide bonds. The Hall–Kier alpha value is -5.15. The van der Waals surface area contributed by atoms with Gasteiger partial charge in [0.15, 0.2) is 23.1 Å². The number of rotatable bonds is 10. The first-order valence-corrected chi connectivity index (χ1v) is 27.0. The second kappa shape index (κ2) is 13.9. The van der Waals surface area contributed by atoms with E-state index in [0.29, 0.717) is 71.1 Å². The Bertz CT molecular complexity index is 2470. The summed E-state index contributed by atoms with van der Waals surface area (Å²) in [6.07, 6.45) is 8.87. The van der Waals surface area contributed by atoms with Crippen molar-refractivity contribution in [2.45, 2.75) is 46.2 Å². The lowest BCUT2D eigenvalue weighted by molar-refractivity contribution is -0.123. The number of hydrogen-bond acceptors (Lipinski definition) is 8. The lowest BCUT2D eigenvalue weighted by Crippen LogP contribution is -2.43. The van der Waals surface area contributed by atoms with E-state index in [4.69, 9.17) is 0 Å². The summed E-state index contributed by atoms with van der Waals surface area (Å²) >= 11 is 2.66. The molecule has 278 valence electrons. The van der Waals surface area contributed by atoms with E-state index < -0.39 is 16.1 Å². The zero-order valence-electron chi connectivity index (χ0n) is 31.8. The molecular formula is C43H40N2O6S2Si2. The van der Waals surface area contributed by atoms with Crippen LogP contribution < -0.4 is 0 Å². The summed E-state index contributed by atoms with van der Waals surface area (Å²) in [7, 11) is -3.89. The fourth-order valence-corrected chi connectivity index (χ4v) is 11.8. The Morgan fingerprint density at radius 1 is 0.600 bits per heavy atom. The minimum absolute atomic E-state index is 0.0463. The molecule has 7 rings (SSSR count). The van der Waals surface area contributed by atoms with Crippen LogP contribution in [0, 0.1) is 0 Å². The number of carbonyl (C=O) groups is 6. The van der Waals surface area contributed by atoms with Crippen molar-refractivity contribution in [1.29, 1.82) is 0 Å². The summed E-state index contributed by atoms with van der Waals surface area (Å²) in [5, 5.41) is 0. The molecule has 12 heteroatoms. The van der Waals surface area contributed by atoms with Crippen LogP contribution in [0.1, 0.15) is 47.1 Å². The second-order valence-electron chi connectivity index (χ2n) is 16.3. The van der Waals surface area contributed by atoms with Gasteiger partial charge in [0, 0.05) is 44.4 Å². The molecule has 55 heavy (non-hydrogen) atoms. The fraction of sp³-hybridized carbons (Fsp3) is 0.209. The number of amides is 2. The number of benzene rings is 1. The molecule has 0 unspecified atom stereocenters. The molecule has 2 aliphatic heterocycles. The number of hydrogen-bond donors (Lipinski definition) is 0. The maximum absolute atomic E-state index is 14.8. The zero-order chi connectivity index (χ0) is 39.7. The van der Waals surface area contributed by atoms with Gasteiger partial charge in [0.1, 0.15) is 0 Å². The van der Waals surface area contributed by atoms with Crippen molar-refractivity contribution in [2.75, 3.05) is 12.3 Å². The number of nitrogens with zero attached hydrogens (tertiary/aromatic N) is 2. The maximum Gasteiger partial charge on any atom is 0.261 e. The molecule has 0 atom stereocenters. The summed E-state index contributed by atoms with van der Waals surface area (Å²) < 4.78 is 0. The Balaban J connectivity index is 1.36. The molecule has 0 bridgehead atoms. The van der Waals surface area contributed by atoms with E-state index in [1.807, 2.05) is 24.3 Å². The Morgan fingerprint density at radius 2 is 1.02 bits per heavy atom. The molecule has 0 radical (unpaired) electrons. The smallest absolute Gasteiger partial charge is 0.261 e. The van der Waals surface area contributed by atoms with Crippen LogP contribution in [0.3, 0.4) is 0 Å². The number of thiophene rings is 2. The summed E-state index contributed by atoms with van der Waals surface area (Å²) in [5.41, 5.74) is 3.26. The van der Waals surface area contributed by atoms with E-state index in [1.165, 1.54) is 28.7 Å². The molecule has 1 aromatic carbocycles. The van der Waals surface area contributed by atoms with Crippen LogP contribution in [0.2, 0.25) is 39.3 Å². The zero-order valence-corrected chi connectivity index (χ0v) is 35.4. The molecule has 0 spiro atoms. The van der Waals surface area contributed by atoms with Gasteiger partial charge in [0.2, 0.25) is 0 Å². The van der Waals surface area contributed by atoms with Crippen LogP contribution in [0.4, 0.5) is 0 Å². The quantitative estimate of drug-likeness (QED) is 0.116. The third kappa shape index (κ3) is 6.66. The highest BCUT2D eigenvalue weighted by Gasteiger charge is 2.51. The van der Waals surface area contributed by atoms with Gasteiger partial charge >= 0.3 is 0 Å². The topological polar surface area (TPSA) is 109 Å². The molecule has 2 aliphatic carbocycles. The van der Waals surface area contributed by atoms with Crippen molar-refractivity contribution < 1.29 is 28.8 Å². The predicted molar refractivity (Wildman–Crippen MR) is 226 cm³/mol. The van der Waals surface area contributed by atoms with Gasteiger partial charge in [-0.2, -0.15) is 0 Å². The molecule has 0 fully saturated rings. The maximum atomic E-state index is 14.8. The van der Waals surface area contributed by atoms with Crippen LogP contribution in [0.5, 0.6) is 0 Å². The summed E-state index contributed by atoms with van der Waals surface area (Å²) in [6.45, 7) is 18.5. The van der Waals surface area contributed by atoms with Crippen molar-refractivity contribution in [1.82, 2.24) is 9.80 Å². The molecular weight excluding hydrogens is 761 g/mol. The molecule has 8 nitrogen and oxygen atoms in total. The second-order valence-corrected chi connectivity index (χ2v) is 29.4. The Labute approximate surface area is 330 Å². The SMILES string of the molecule is C=CC1=C(C=CC)C(=O)C(=Cc2ccc(C3=C4C(=O)N(C[Si](C)(C)C)C(c5ccc(C=C6C(=O)c7ccccc7C6=O)s5)=C4C(=O)N3C[Si](C)(C)C)s2)C1=O. The van der Waals surface area contributed by atoms with E-state index in [9.17, 15) is 28.8 Å². The summed E-state index contributed by atoms with van der Waals surface area (Å²) in [5.74, 6) is -1.89. The Kier molecular flexibility index (Phi) is 9.61. The summed E-state index contributed by atoms with van der Waals surface area (Å²) in [6, 6.07) is 14.1. The van der Waals surface area contributed by atoms with Crippen molar-refractivity contribution in [2.24, 2.45) is 0 Å². The van der Waals surface area contributed by atoms with Gasteiger partial charge in [0.05, 0.1) is 59.6 Å². The number of ketones is 4. The normalized spacial score (nSPS) is 18.5. The van der Waals surface area contributed by atoms with Crippen LogP contribution in [-0.4, -0.2) is 73.2 Å². The first kappa shape index (κ1) is 38.1. The summed E-state index contributed by atoms with van der Waals surface area (Å²) in [4.78, 5) is 88.7. The molecule has 2 aromatic heterocycles. The van der Waals surface area contributed by atoms with Crippen LogP contribution in [0.25, 0.3) is 23.5 Å². The van der Waals surface area contributed by atoms with Gasteiger partial charge in [-0.15, -0.1) is 22.7 Å². The number of fused-ring (bicyclic) bond motifs is 2. The standard InChI is InChI=1S/C43H40N2O6S2Si2/c1-9-13-27-26(10-2)38(46)30(39(27)47)20-24-16-18-32(52-24)36-34-35(43(51)44(36)22-54(3,4)5)37(45(42(34)50)23-55(6,7)8)33-19-17-25(53-33)21-31-40(48)28-14-11-12-15-29(28)41(31)49/h9-21H,2,22-23H2,1,3-8H3. The highest BCUT2D eigenvalue weighted by atomic mass is 32.1. The lowest BCUT2D eigenvalue weighted by Gasteiger charge is -2.30. The van der Waals surface area contributed by atoms with E-state index in [1.54, 1.807) is 65.3 Å². The van der Waals surface area contributed by atoms with Gasteiger partial charge in [-0.05, 0) is 43.3 Å². The van der Waals surface area contributed by atoms with Gasteiger partial charge in [-0.1, -0.05) is 88.4 Å². The van der Waals surface area contributed by atoms with Gasteiger partial charge in [-0.25, -0.2) is 0 Å². The molecule has 4 heterocycles. The third-order valence-electron chi connectivity index (χ3n) is 9.45. The minimum Gasteiger partial charge on any atom is -0.309 e. The molecule has 3 aromatic rings. The van der Waals surface area contributed by atoms with E-state index >= 15 is 0 Å². The van der Waals surface area contributed by atoms with Gasteiger partial charge < -0.3 is 9.80 Å². The van der Waals surface area contributed by atoms with E-state index in [0.717, 1.165) is 0 Å². The van der Waals surface area contributed by atoms with Crippen LogP contribution in [-0.2, 0) is 19.2 Å². The molecule has 4 aliphatic rings. The highest BCUT2D eigenvalue weighted by molar-refractivity contribution is 7.14.